The number of carbonyl (C=O) groups excluding carboxylic acids is 2. The van der Waals surface area contributed by atoms with Crippen molar-refractivity contribution < 1.29 is 23.5 Å². The number of hydrogen-bond donors (Lipinski definition) is 2. The van der Waals surface area contributed by atoms with Crippen LogP contribution in [-0.4, -0.2) is 31.0 Å². The summed E-state index contributed by atoms with van der Waals surface area (Å²) in [6.45, 7) is 0. The van der Waals surface area contributed by atoms with Crippen molar-refractivity contribution in [3.63, 3.8) is 0 Å². The highest BCUT2D eigenvalue weighted by Crippen LogP contribution is 2.33. The van der Waals surface area contributed by atoms with Crippen LogP contribution in [0.5, 0.6) is 11.5 Å². The number of oxazole rings is 1. The Hall–Kier alpha value is -5.37. The van der Waals surface area contributed by atoms with Gasteiger partial charge in [-0.2, -0.15) is 0 Å². The summed E-state index contributed by atoms with van der Waals surface area (Å²) < 4.78 is 16.9. The van der Waals surface area contributed by atoms with Gasteiger partial charge in [0.25, 0.3) is 5.91 Å². The summed E-state index contributed by atoms with van der Waals surface area (Å²) in [6, 6.07) is 31.4. The molecule has 8 nitrogen and oxygen atoms in total. The Morgan fingerprint density at radius 3 is 2.17 bits per heavy atom. The van der Waals surface area contributed by atoms with Crippen molar-refractivity contribution in [2.45, 2.75) is 12.8 Å². The van der Waals surface area contributed by atoms with Crippen LogP contribution in [0.15, 0.2) is 108 Å². The molecule has 41 heavy (non-hydrogen) atoms. The second kappa shape index (κ2) is 12.7. The first-order chi connectivity index (χ1) is 20.0. The predicted molar refractivity (Wildman–Crippen MR) is 158 cm³/mol. The summed E-state index contributed by atoms with van der Waals surface area (Å²) in [7, 11) is 3.07. The van der Waals surface area contributed by atoms with Crippen LogP contribution in [0.4, 0.5) is 11.4 Å². The van der Waals surface area contributed by atoms with Gasteiger partial charge in [-0.25, -0.2) is 4.98 Å². The lowest BCUT2D eigenvalue weighted by Gasteiger charge is -2.11. The van der Waals surface area contributed by atoms with Gasteiger partial charge in [0, 0.05) is 29.3 Å². The summed E-state index contributed by atoms with van der Waals surface area (Å²) in [5, 5.41) is 5.79. The molecule has 2 N–H and O–H groups in total. The van der Waals surface area contributed by atoms with Gasteiger partial charge in [0.1, 0.15) is 11.5 Å². The Morgan fingerprint density at radius 1 is 0.780 bits per heavy atom. The van der Waals surface area contributed by atoms with Gasteiger partial charge in [-0.1, -0.05) is 48.5 Å². The Balaban J connectivity index is 1.39. The molecule has 1 heterocycles. The van der Waals surface area contributed by atoms with Gasteiger partial charge in [-0.15, -0.1) is 0 Å². The number of anilines is 2. The van der Waals surface area contributed by atoms with Crippen molar-refractivity contribution in [1.29, 1.82) is 0 Å². The minimum absolute atomic E-state index is 0.0834. The maximum atomic E-state index is 13.5. The molecule has 0 radical (unpaired) electrons. The van der Waals surface area contributed by atoms with E-state index in [1.54, 1.807) is 49.6 Å². The van der Waals surface area contributed by atoms with Crippen molar-refractivity contribution in [3.05, 3.63) is 114 Å². The molecule has 0 unspecified atom stereocenters. The Labute approximate surface area is 238 Å². The maximum absolute atomic E-state index is 13.5. The first-order valence-corrected chi connectivity index (χ1v) is 13.1. The van der Waals surface area contributed by atoms with E-state index in [-0.39, 0.29) is 11.6 Å². The minimum atomic E-state index is -0.476. The number of carbonyl (C=O) groups is 2. The van der Waals surface area contributed by atoms with E-state index < -0.39 is 5.91 Å². The van der Waals surface area contributed by atoms with Crippen LogP contribution >= 0.6 is 0 Å². The molecule has 0 atom stereocenters. The van der Waals surface area contributed by atoms with Crippen molar-refractivity contribution in [3.8, 4) is 34.3 Å². The molecule has 0 fully saturated rings. The summed E-state index contributed by atoms with van der Waals surface area (Å²) in [5.74, 6) is 1.08. The molecule has 5 aromatic rings. The highest BCUT2D eigenvalue weighted by atomic mass is 16.5. The van der Waals surface area contributed by atoms with E-state index in [2.05, 4.69) is 15.6 Å². The first-order valence-electron chi connectivity index (χ1n) is 13.1. The summed E-state index contributed by atoms with van der Waals surface area (Å²) in [4.78, 5) is 30.6. The Kier molecular flexibility index (Phi) is 8.40. The molecule has 0 saturated carbocycles. The van der Waals surface area contributed by atoms with Crippen LogP contribution in [0.3, 0.4) is 0 Å². The third-order valence-corrected chi connectivity index (χ3v) is 6.43. The second-order valence-electron chi connectivity index (χ2n) is 9.19. The van der Waals surface area contributed by atoms with Gasteiger partial charge in [0.15, 0.2) is 11.5 Å². The highest BCUT2D eigenvalue weighted by Gasteiger charge is 2.23. The van der Waals surface area contributed by atoms with Gasteiger partial charge in [0.05, 0.1) is 19.9 Å². The maximum Gasteiger partial charge on any atom is 0.278 e. The average molecular weight is 548 g/mol. The van der Waals surface area contributed by atoms with E-state index in [9.17, 15) is 9.59 Å². The molecule has 0 spiro atoms. The van der Waals surface area contributed by atoms with Crippen LogP contribution in [0.1, 0.15) is 22.5 Å². The molecule has 2 amide bonds. The van der Waals surface area contributed by atoms with Crippen LogP contribution in [-0.2, 0) is 11.2 Å². The lowest BCUT2D eigenvalue weighted by molar-refractivity contribution is -0.116. The van der Waals surface area contributed by atoms with E-state index in [1.165, 1.54) is 7.11 Å². The summed E-state index contributed by atoms with van der Waals surface area (Å²) >= 11 is 0. The van der Waals surface area contributed by atoms with Gasteiger partial charge >= 0.3 is 0 Å². The molecule has 4 aromatic carbocycles. The molecule has 0 bridgehead atoms. The number of hydrogen-bond acceptors (Lipinski definition) is 6. The lowest BCUT2D eigenvalue weighted by Crippen LogP contribution is -2.14. The van der Waals surface area contributed by atoms with Gasteiger partial charge in [-0.05, 0) is 60.5 Å². The van der Waals surface area contributed by atoms with E-state index in [4.69, 9.17) is 13.9 Å². The number of nitrogens with one attached hydrogen (secondary N) is 2. The number of aryl methyl sites for hydroxylation is 1. The number of rotatable bonds is 10. The summed E-state index contributed by atoms with van der Waals surface area (Å²) in [5.41, 5.74) is 3.64. The number of ether oxygens (including phenoxy) is 2. The van der Waals surface area contributed by atoms with E-state index >= 15 is 0 Å². The van der Waals surface area contributed by atoms with E-state index in [1.807, 2.05) is 60.7 Å². The molecule has 8 heteroatoms. The van der Waals surface area contributed by atoms with Crippen LogP contribution in [0.25, 0.3) is 22.8 Å². The average Bonchev–Trinajstić information content (AvgIpc) is 3.47. The van der Waals surface area contributed by atoms with E-state index in [0.29, 0.717) is 52.9 Å². The fraction of sp³-hybridized carbons (Fsp3) is 0.121. The SMILES string of the molecule is COc1ccc(OC)c(NC(=O)c2nc(-c3ccccc3)oc2-c2ccc(NC(=O)CCc3ccccc3)cc2)c1. The number of aromatic nitrogens is 1. The normalized spacial score (nSPS) is 10.6. The number of methoxy groups -OCH3 is 2. The molecular weight excluding hydrogens is 518 g/mol. The molecule has 5 rings (SSSR count). The van der Waals surface area contributed by atoms with Gasteiger partial charge in [0.2, 0.25) is 11.8 Å². The van der Waals surface area contributed by atoms with Crippen molar-refractivity contribution in [2.24, 2.45) is 0 Å². The Morgan fingerprint density at radius 2 is 1.49 bits per heavy atom. The van der Waals surface area contributed by atoms with Crippen molar-refractivity contribution in [2.75, 3.05) is 24.9 Å². The molecular formula is C33H29N3O5. The predicted octanol–water partition coefficient (Wildman–Crippen LogP) is 6.85. The molecule has 0 aliphatic heterocycles. The molecule has 0 aliphatic rings. The van der Waals surface area contributed by atoms with Gasteiger partial charge in [-0.3, -0.25) is 9.59 Å². The molecule has 0 aliphatic carbocycles. The van der Waals surface area contributed by atoms with E-state index in [0.717, 1.165) is 11.1 Å². The smallest absolute Gasteiger partial charge is 0.278 e. The second-order valence-corrected chi connectivity index (χ2v) is 9.19. The lowest BCUT2D eigenvalue weighted by atomic mass is 10.1. The van der Waals surface area contributed by atoms with Crippen LogP contribution < -0.4 is 20.1 Å². The zero-order valence-electron chi connectivity index (χ0n) is 22.7. The topological polar surface area (TPSA) is 103 Å². The number of amides is 2. The quantitative estimate of drug-likeness (QED) is 0.198. The standard InChI is InChI=1S/C33H29N3O5/c1-39-26-18-19-28(40-2)27(21-26)35-32(38)30-31(41-33(36-30)24-11-7-4-8-12-24)23-14-16-25(17-15-23)34-29(37)20-13-22-9-5-3-6-10-22/h3-12,14-19,21H,13,20H2,1-2H3,(H,34,37)(H,35,38). The first kappa shape index (κ1) is 27.2. The van der Waals surface area contributed by atoms with Crippen molar-refractivity contribution in [1.82, 2.24) is 4.98 Å². The third kappa shape index (κ3) is 6.62. The summed E-state index contributed by atoms with van der Waals surface area (Å²) in [6.07, 6.45) is 1.02. The van der Waals surface area contributed by atoms with Crippen LogP contribution in [0, 0.1) is 0 Å². The zero-order chi connectivity index (χ0) is 28.6. The van der Waals surface area contributed by atoms with Crippen LogP contribution in [0.2, 0.25) is 0 Å². The Bertz CT molecular complexity index is 1630. The molecule has 206 valence electrons. The largest absolute Gasteiger partial charge is 0.497 e. The number of benzene rings is 4. The zero-order valence-corrected chi connectivity index (χ0v) is 22.7. The number of nitrogens with zero attached hydrogens (tertiary/aromatic N) is 1. The molecule has 1 aromatic heterocycles. The fourth-order valence-electron chi connectivity index (χ4n) is 4.30. The third-order valence-electron chi connectivity index (χ3n) is 6.43. The highest BCUT2D eigenvalue weighted by molar-refractivity contribution is 6.07. The van der Waals surface area contributed by atoms with Crippen molar-refractivity contribution >= 4 is 23.2 Å². The van der Waals surface area contributed by atoms with Gasteiger partial charge < -0.3 is 24.5 Å². The minimum Gasteiger partial charge on any atom is -0.497 e. The molecule has 0 saturated heterocycles. The monoisotopic (exact) mass is 547 g/mol. The fourth-order valence-corrected chi connectivity index (χ4v) is 4.30.